The molecule has 0 unspecified atom stereocenters. The zero-order valence-corrected chi connectivity index (χ0v) is 9.27. The fourth-order valence-corrected chi connectivity index (χ4v) is 3.09. The molecule has 78 valence electrons. The van der Waals surface area contributed by atoms with Gasteiger partial charge in [0.05, 0.1) is 11.4 Å². The van der Waals surface area contributed by atoms with Gasteiger partial charge in [-0.2, -0.15) is 0 Å². The minimum atomic E-state index is -3.35. The van der Waals surface area contributed by atoms with Gasteiger partial charge in [-0.1, -0.05) is 0 Å². The Kier molecular flexibility index (Phi) is 4.01. The van der Waals surface area contributed by atoms with E-state index in [0.29, 0.717) is 19.4 Å². The number of halogens is 1. The summed E-state index contributed by atoms with van der Waals surface area (Å²) in [5.41, 5.74) is 0. The average Bonchev–Trinajstić information content (AvgIpc) is 2.04. The minimum absolute atomic E-state index is 0.236. The highest BCUT2D eigenvalue weighted by molar-refractivity contribution is 8.14. The molecule has 13 heavy (non-hydrogen) atoms. The van der Waals surface area contributed by atoms with Crippen molar-refractivity contribution < 1.29 is 13.2 Å². The number of ether oxygens (including phenoxy) is 1. The van der Waals surface area contributed by atoms with Crippen molar-refractivity contribution in [3.63, 3.8) is 0 Å². The minimum Gasteiger partial charge on any atom is -0.379 e. The first-order valence-corrected chi connectivity index (χ1v) is 6.96. The maximum absolute atomic E-state index is 11.0. The molecule has 3 nitrogen and oxygen atoms in total. The van der Waals surface area contributed by atoms with Gasteiger partial charge in [0, 0.05) is 17.3 Å². The van der Waals surface area contributed by atoms with Crippen molar-refractivity contribution in [2.45, 2.75) is 44.0 Å². The Morgan fingerprint density at radius 2 is 1.85 bits per heavy atom. The molecule has 0 aromatic heterocycles. The van der Waals surface area contributed by atoms with Crippen molar-refractivity contribution in [1.82, 2.24) is 0 Å². The van der Waals surface area contributed by atoms with Crippen LogP contribution in [0.15, 0.2) is 0 Å². The Balaban J connectivity index is 2.39. The molecule has 5 heteroatoms. The third-order valence-corrected chi connectivity index (χ3v) is 4.45. The van der Waals surface area contributed by atoms with Crippen molar-refractivity contribution in [2.24, 2.45) is 0 Å². The van der Waals surface area contributed by atoms with Crippen LogP contribution in [0.3, 0.4) is 0 Å². The molecule has 1 saturated carbocycles. The Bertz CT molecular complexity index is 242. The molecule has 0 atom stereocenters. The van der Waals surface area contributed by atoms with E-state index < -0.39 is 9.05 Å². The molecule has 0 radical (unpaired) electrons. The molecule has 0 N–H and O–H groups in total. The van der Waals surface area contributed by atoms with Crippen LogP contribution in [0, 0.1) is 0 Å². The molecule has 0 bridgehead atoms. The summed E-state index contributed by atoms with van der Waals surface area (Å²) in [5, 5.41) is -0.356. The molecule has 0 aromatic rings. The van der Waals surface area contributed by atoms with Crippen LogP contribution in [0.5, 0.6) is 0 Å². The van der Waals surface area contributed by atoms with Gasteiger partial charge in [-0.25, -0.2) is 8.42 Å². The summed E-state index contributed by atoms with van der Waals surface area (Å²) in [6.45, 7) is 2.65. The third-order valence-electron chi connectivity index (χ3n) is 2.42. The van der Waals surface area contributed by atoms with Crippen molar-refractivity contribution >= 4 is 19.7 Å². The van der Waals surface area contributed by atoms with Gasteiger partial charge >= 0.3 is 0 Å². The maximum atomic E-state index is 11.0. The molecule has 1 aliphatic carbocycles. The highest BCUT2D eigenvalue weighted by atomic mass is 35.7. The van der Waals surface area contributed by atoms with Gasteiger partial charge in [-0.05, 0) is 32.6 Å². The van der Waals surface area contributed by atoms with Crippen molar-refractivity contribution in [3.05, 3.63) is 0 Å². The largest absolute Gasteiger partial charge is 0.379 e. The first kappa shape index (κ1) is 11.3. The van der Waals surface area contributed by atoms with E-state index in [1.165, 1.54) is 0 Å². The van der Waals surface area contributed by atoms with Gasteiger partial charge < -0.3 is 4.74 Å². The summed E-state index contributed by atoms with van der Waals surface area (Å²) >= 11 is 0. The molecule has 0 aromatic carbocycles. The van der Waals surface area contributed by atoms with Gasteiger partial charge in [0.1, 0.15) is 0 Å². The Morgan fingerprint density at radius 3 is 2.23 bits per heavy atom. The molecule has 0 aliphatic heterocycles. The van der Waals surface area contributed by atoms with Gasteiger partial charge in [0.2, 0.25) is 9.05 Å². The van der Waals surface area contributed by atoms with E-state index in [4.69, 9.17) is 15.4 Å². The summed E-state index contributed by atoms with van der Waals surface area (Å²) in [6.07, 6.45) is 3.13. The smallest absolute Gasteiger partial charge is 0.235 e. The van der Waals surface area contributed by atoms with Crippen LogP contribution in [0.1, 0.15) is 32.6 Å². The second-order valence-corrected chi connectivity index (χ2v) is 6.24. The zero-order valence-electron chi connectivity index (χ0n) is 7.70. The highest BCUT2D eigenvalue weighted by Gasteiger charge is 2.29. The Labute approximate surface area is 83.8 Å². The zero-order chi connectivity index (χ0) is 9.90. The molecule has 0 amide bonds. The van der Waals surface area contributed by atoms with Gasteiger partial charge in [-0.3, -0.25) is 0 Å². The number of hydrogen-bond donors (Lipinski definition) is 0. The summed E-state index contributed by atoms with van der Waals surface area (Å²) in [7, 11) is 1.92. The lowest BCUT2D eigenvalue weighted by Crippen LogP contribution is -2.28. The third kappa shape index (κ3) is 3.44. The lowest BCUT2D eigenvalue weighted by Gasteiger charge is -2.26. The van der Waals surface area contributed by atoms with Crippen molar-refractivity contribution in [3.8, 4) is 0 Å². The lowest BCUT2D eigenvalue weighted by molar-refractivity contribution is 0.0376. The van der Waals surface area contributed by atoms with Crippen molar-refractivity contribution in [1.29, 1.82) is 0 Å². The van der Waals surface area contributed by atoms with Crippen LogP contribution >= 0.6 is 10.7 Å². The highest BCUT2D eigenvalue weighted by Crippen LogP contribution is 2.27. The van der Waals surface area contributed by atoms with Crippen molar-refractivity contribution in [2.75, 3.05) is 6.61 Å². The second kappa shape index (κ2) is 4.62. The molecule has 0 heterocycles. The maximum Gasteiger partial charge on any atom is 0.235 e. The van der Waals surface area contributed by atoms with Crippen LogP contribution in [-0.4, -0.2) is 26.4 Å². The van der Waals surface area contributed by atoms with Crippen LogP contribution in [0.2, 0.25) is 0 Å². The molecule has 1 rings (SSSR count). The number of rotatable bonds is 3. The van der Waals surface area contributed by atoms with Gasteiger partial charge in [0.25, 0.3) is 0 Å². The van der Waals surface area contributed by atoms with E-state index in [1.54, 1.807) is 0 Å². The van der Waals surface area contributed by atoms with E-state index in [0.717, 1.165) is 12.8 Å². The standard InChI is InChI=1S/C8H15ClO3S/c1-2-12-7-3-5-8(6-4-7)13(9,10)11/h7-8H,2-6H2,1H3/t7-,8-. The lowest BCUT2D eigenvalue weighted by atomic mass is 9.97. The Hall–Kier alpha value is 0.200. The summed E-state index contributed by atoms with van der Waals surface area (Å²) in [4.78, 5) is 0. The topological polar surface area (TPSA) is 43.4 Å². The SMILES string of the molecule is CCO[C@H]1CC[C@H](S(=O)(=O)Cl)CC1. The van der Waals surface area contributed by atoms with Gasteiger partial charge in [0.15, 0.2) is 0 Å². The molecule has 1 fully saturated rings. The fourth-order valence-electron chi connectivity index (χ4n) is 1.72. The predicted molar refractivity (Wildman–Crippen MR) is 52.4 cm³/mol. The first-order chi connectivity index (χ1) is 6.04. The monoisotopic (exact) mass is 226 g/mol. The quantitative estimate of drug-likeness (QED) is 0.691. The summed E-state index contributed by atoms with van der Waals surface area (Å²) in [5.74, 6) is 0. The summed E-state index contributed by atoms with van der Waals surface area (Å²) < 4.78 is 27.4. The normalized spacial score (nSPS) is 30.3. The Morgan fingerprint density at radius 1 is 1.31 bits per heavy atom. The van der Waals surface area contributed by atoms with Crippen LogP contribution in [-0.2, 0) is 13.8 Å². The predicted octanol–water partition coefficient (Wildman–Crippen LogP) is 1.90. The van der Waals surface area contributed by atoms with E-state index in [9.17, 15) is 8.42 Å². The average molecular weight is 227 g/mol. The van der Waals surface area contributed by atoms with E-state index >= 15 is 0 Å². The molecule has 0 spiro atoms. The van der Waals surface area contributed by atoms with E-state index in [-0.39, 0.29) is 11.4 Å². The van der Waals surface area contributed by atoms with Crippen LogP contribution < -0.4 is 0 Å². The first-order valence-electron chi connectivity index (χ1n) is 4.59. The van der Waals surface area contributed by atoms with E-state index in [1.807, 2.05) is 6.92 Å². The van der Waals surface area contributed by atoms with Crippen LogP contribution in [0.25, 0.3) is 0 Å². The molecule has 1 aliphatic rings. The van der Waals surface area contributed by atoms with E-state index in [2.05, 4.69) is 0 Å². The second-order valence-electron chi connectivity index (χ2n) is 3.33. The van der Waals surface area contributed by atoms with Gasteiger partial charge in [-0.15, -0.1) is 0 Å². The fraction of sp³-hybridized carbons (Fsp3) is 1.00. The summed E-state index contributed by atoms with van der Waals surface area (Å²) in [6, 6.07) is 0. The molecular formula is C8H15ClO3S. The van der Waals surface area contributed by atoms with Crippen LogP contribution in [0.4, 0.5) is 0 Å². The molecular weight excluding hydrogens is 212 g/mol. The number of hydrogen-bond acceptors (Lipinski definition) is 3. The molecule has 0 saturated heterocycles.